The average Bonchev–Trinajstić information content (AvgIpc) is 2.06. The fourth-order valence-electron chi connectivity index (χ4n) is 0.713. The van der Waals surface area contributed by atoms with E-state index in [0.717, 1.165) is 12.1 Å². The molecule has 1 heterocycles. The van der Waals surface area contributed by atoms with Crippen LogP contribution in [0.1, 0.15) is 0 Å². The lowest BCUT2D eigenvalue weighted by molar-refractivity contribution is 0.618. The molecule has 0 aliphatic carbocycles. The van der Waals surface area contributed by atoms with Crippen LogP contribution in [0.4, 0.5) is 10.2 Å². The van der Waals surface area contributed by atoms with Crippen LogP contribution in [0.15, 0.2) is 21.9 Å². The van der Waals surface area contributed by atoms with Gasteiger partial charge in [0.05, 0.1) is 6.34 Å². The lowest BCUT2D eigenvalue weighted by Crippen LogP contribution is -2.08. The fraction of sp³-hybridized carbons (Fsp3) is 0.250. The minimum Gasteiger partial charge on any atom is -0.369 e. The zero-order chi connectivity index (χ0) is 9.84. The Bertz CT molecular complexity index is 370. The molecule has 4 nitrogen and oxygen atoms in total. The topological polar surface area (TPSA) is 48.5 Å². The zero-order valence-corrected chi connectivity index (χ0v) is 7.41. The Labute approximate surface area is 74.7 Å². The van der Waals surface area contributed by atoms with Crippen molar-refractivity contribution in [1.82, 2.24) is 9.88 Å². The SMILES string of the molecule is CN(C)C=Nc1[nH]c(=O)ccc1F. The summed E-state index contributed by atoms with van der Waals surface area (Å²) in [6.07, 6.45) is 1.41. The molecule has 1 aromatic rings. The van der Waals surface area contributed by atoms with Crippen molar-refractivity contribution in [3.8, 4) is 0 Å². The number of aromatic nitrogens is 1. The molecule has 0 aliphatic heterocycles. The Hall–Kier alpha value is -1.65. The van der Waals surface area contributed by atoms with Gasteiger partial charge in [0, 0.05) is 20.2 Å². The van der Waals surface area contributed by atoms with Gasteiger partial charge < -0.3 is 9.88 Å². The van der Waals surface area contributed by atoms with E-state index >= 15 is 0 Å². The summed E-state index contributed by atoms with van der Waals surface area (Å²) in [6, 6.07) is 2.20. The van der Waals surface area contributed by atoms with Crippen molar-refractivity contribution >= 4 is 12.2 Å². The number of halogens is 1. The van der Waals surface area contributed by atoms with E-state index in [0.29, 0.717) is 0 Å². The molecule has 1 aromatic heterocycles. The third-order valence-corrected chi connectivity index (χ3v) is 1.27. The molecule has 0 amide bonds. The van der Waals surface area contributed by atoms with Crippen molar-refractivity contribution in [2.75, 3.05) is 14.1 Å². The number of hydrogen-bond donors (Lipinski definition) is 1. The highest BCUT2D eigenvalue weighted by molar-refractivity contribution is 5.58. The molecule has 5 heteroatoms. The maximum Gasteiger partial charge on any atom is 0.249 e. The zero-order valence-electron chi connectivity index (χ0n) is 7.41. The summed E-state index contributed by atoms with van der Waals surface area (Å²) in [4.78, 5) is 18.4. The van der Waals surface area contributed by atoms with E-state index in [-0.39, 0.29) is 11.4 Å². The number of nitrogens with one attached hydrogen (secondary N) is 1. The van der Waals surface area contributed by atoms with Crippen molar-refractivity contribution in [3.05, 3.63) is 28.3 Å². The smallest absolute Gasteiger partial charge is 0.249 e. The van der Waals surface area contributed by atoms with E-state index in [9.17, 15) is 9.18 Å². The van der Waals surface area contributed by atoms with Gasteiger partial charge in [-0.3, -0.25) is 4.79 Å². The number of aliphatic imine (C=N–C) groups is 1. The molecule has 0 bridgehead atoms. The van der Waals surface area contributed by atoms with Gasteiger partial charge in [0.1, 0.15) is 0 Å². The molecule has 0 aliphatic rings. The molecule has 0 saturated carbocycles. The molecule has 0 saturated heterocycles. The lowest BCUT2D eigenvalue weighted by atomic mass is 10.4. The van der Waals surface area contributed by atoms with Crippen LogP contribution < -0.4 is 5.56 Å². The first-order chi connectivity index (χ1) is 6.09. The second-order valence-electron chi connectivity index (χ2n) is 2.73. The second kappa shape index (κ2) is 3.84. The highest BCUT2D eigenvalue weighted by Crippen LogP contribution is 2.09. The maximum atomic E-state index is 12.9. The van der Waals surface area contributed by atoms with Crippen molar-refractivity contribution in [1.29, 1.82) is 0 Å². The summed E-state index contributed by atoms with van der Waals surface area (Å²) in [5.74, 6) is -0.598. The van der Waals surface area contributed by atoms with E-state index in [2.05, 4.69) is 9.98 Å². The first kappa shape index (κ1) is 9.44. The molecule has 0 fully saturated rings. The van der Waals surface area contributed by atoms with Crippen molar-refractivity contribution in [2.45, 2.75) is 0 Å². The molecule has 0 unspecified atom stereocenters. The number of rotatable bonds is 2. The molecule has 70 valence electrons. The molecule has 0 atom stereocenters. The van der Waals surface area contributed by atoms with Gasteiger partial charge >= 0.3 is 0 Å². The molecular formula is C8H10FN3O. The van der Waals surface area contributed by atoms with Crippen LogP contribution in [0.5, 0.6) is 0 Å². The van der Waals surface area contributed by atoms with Gasteiger partial charge in [-0.15, -0.1) is 0 Å². The number of aromatic amines is 1. The predicted molar refractivity (Wildman–Crippen MR) is 48.9 cm³/mol. The van der Waals surface area contributed by atoms with E-state index in [1.807, 2.05) is 0 Å². The first-order valence-electron chi connectivity index (χ1n) is 3.69. The van der Waals surface area contributed by atoms with Crippen LogP contribution in [0.2, 0.25) is 0 Å². The number of nitrogens with zero attached hydrogens (tertiary/aromatic N) is 2. The minimum atomic E-state index is -0.544. The maximum absolute atomic E-state index is 12.9. The summed E-state index contributed by atoms with van der Waals surface area (Å²) >= 11 is 0. The molecule has 13 heavy (non-hydrogen) atoms. The average molecular weight is 183 g/mol. The van der Waals surface area contributed by atoms with Gasteiger partial charge in [0.15, 0.2) is 11.6 Å². The Morgan fingerprint density at radius 1 is 1.54 bits per heavy atom. The number of pyridine rings is 1. The van der Waals surface area contributed by atoms with Crippen LogP contribution in [-0.2, 0) is 0 Å². The number of H-pyrrole nitrogens is 1. The van der Waals surface area contributed by atoms with E-state index in [4.69, 9.17) is 0 Å². The van der Waals surface area contributed by atoms with Crippen LogP contribution in [-0.4, -0.2) is 30.3 Å². The minimum absolute atomic E-state index is 0.0544. The predicted octanol–water partition coefficient (Wildman–Crippen LogP) is 0.735. The number of hydrogen-bond acceptors (Lipinski definition) is 2. The van der Waals surface area contributed by atoms with Gasteiger partial charge in [-0.05, 0) is 6.07 Å². The summed E-state index contributed by atoms with van der Waals surface area (Å²) in [5, 5.41) is 0. The van der Waals surface area contributed by atoms with Gasteiger partial charge in [-0.2, -0.15) is 0 Å². The largest absolute Gasteiger partial charge is 0.369 e. The molecule has 1 rings (SSSR count). The van der Waals surface area contributed by atoms with Gasteiger partial charge in [-0.1, -0.05) is 0 Å². The lowest BCUT2D eigenvalue weighted by Gasteiger charge is -2.02. The van der Waals surface area contributed by atoms with Crippen molar-refractivity contribution in [2.24, 2.45) is 4.99 Å². The van der Waals surface area contributed by atoms with Crippen molar-refractivity contribution < 1.29 is 4.39 Å². The first-order valence-corrected chi connectivity index (χ1v) is 3.69. The van der Waals surface area contributed by atoms with E-state index < -0.39 is 5.82 Å². The van der Waals surface area contributed by atoms with Crippen LogP contribution in [0.3, 0.4) is 0 Å². The molecular weight excluding hydrogens is 173 g/mol. The van der Waals surface area contributed by atoms with Crippen molar-refractivity contribution in [3.63, 3.8) is 0 Å². The third kappa shape index (κ3) is 2.70. The molecule has 1 N–H and O–H groups in total. The third-order valence-electron chi connectivity index (χ3n) is 1.27. The van der Waals surface area contributed by atoms with Crippen LogP contribution >= 0.6 is 0 Å². The summed E-state index contributed by atoms with van der Waals surface area (Å²) in [7, 11) is 3.50. The van der Waals surface area contributed by atoms with Crippen LogP contribution in [0, 0.1) is 5.82 Å². The van der Waals surface area contributed by atoms with E-state index in [1.165, 1.54) is 6.34 Å². The molecule has 0 radical (unpaired) electrons. The quantitative estimate of drug-likeness (QED) is 0.543. The Balaban J connectivity index is 3.00. The Kier molecular flexibility index (Phi) is 2.79. The van der Waals surface area contributed by atoms with Gasteiger partial charge in [-0.25, -0.2) is 9.38 Å². The molecule has 0 aromatic carbocycles. The second-order valence-corrected chi connectivity index (χ2v) is 2.73. The fourth-order valence-corrected chi connectivity index (χ4v) is 0.713. The monoisotopic (exact) mass is 183 g/mol. The van der Waals surface area contributed by atoms with Gasteiger partial charge in [0.2, 0.25) is 5.56 Å². The summed E-state index contributed by atoms with van der Waals surface area (Å²) < 4.78 is 12.9. The van der Waals surface area contributed by atoms with Crippen LogP contribution in [0.25, 0.3) is 0 Å². The van der Waals surface area contributed by atoms with E-state index in [1.54, 1.807) is 19.0 Å². The highest BCUT2D eigenvalue weighted by Gasteiger charge is 1.98. The normalized spacial score (nSPS) is 10.7. The summed E-state index contributed by atoms with van der Waals surface area (Å²) in [5.41, 5.74) is -0.368. The Morgan fingerprint density at radius 2 is 2.23 bits per heavy atom. The standard InChI is InChI=1S/C8H10FN3O/c1-12(2)5-10-8-6(9)3-4-7(13)11-8/h3-5H,1-2H3,(H,11,13). The molecule has 0 spiro atoms. The van der Waals surface area contributed by atoms with Gasteiger partial charge in [0.25, 0.3) is 0 Å². The summed E-state index contributed by atoms with van der Waals surface area (Å²) in [6.45, 7) is 0. The highest BCUT2D eigenvalue weighted by atomic mass is 19.1. The Morgan fingerprint density at radius 3 is 2.85 bits per heavy atom.